The highest BCUT2D eigenvalue weighted by molar-refractivity contribution is 5.95. The number of nitrogens with one attached hydrogen (secondary N) is 2. The summed E-state index contributed by atoms with van der Waals surface area (Å²) in [5.74, 6) is 2.28. The highest BCUT2D eigenvalue weighted by Crippen LogP contribution is 2.43. The van der Waals surface area contributed by atoms with Crippen molar-refractivity contribution in [2.75, 3.05) is 0 Å². The number of hydrogen-bond donors (Lipinski definition) is 2. The van der Waals surface area contributed by atoms with Gasteiger partial charge < -0.3 is 4.42 Å². The molecule has 7 heteroatoms. The van der Waals surface area contributed by atoms with Crippen molar-refractivity contribution in [2.45, 2.75) is 25.7 Å². The molecule has 2 amide bonds. The largest absolute Gasteiger partial charge is 0.446 e. The maximum Gasteiger partial charge on any atom is 0.307 e. The SMILES string of the molecule is O=C(N/N=C\[C@@H]1C[C@@H]2C=C[C@@H]1C2)c1ccc(C(=O)N/N=C\[C@H]2C[C@H]3C=C[C@@H]2C3)o1. The van der Waals surface area contributed by atoms with E-state index in [9.17, 15) is 9.59 Å². The number of carbonyl (C=O) groups is 2. The Morgan fingerprint density at radius 1 is 0.793 bits per heavy atom. The zero-order chi connectivity index (χ0) is 19.8. The van der Waals surface area contributed by atoms with Crippen LogP contribution in [0.3, 0.4) is 0 Å². The number of allylic oxidation sites excluding steroid dienone is 4. The third kappa shape index (κ3) is 3.69. The van der Waals surface area contributed by atoms with Crippen LogP contribution in [0, 0.1) is 35.5 Å². The molecule has 6 atom stereocenters. The fourth-order valence-electron chi connectivity index (χ4n) is 5.06. The Kier molecular flexibility index (Phi) is 4.66. The van der Waals surface area contributed by atoms with Gasteiger partial charge >= 0.3 is 11.8 Å². The van der Waals surface area contributed by atoms with Crippen molar-refractivity contribution in [3.05, 3.63) is 48.0 Å². The van der Waals surface area contributed by atoms with E-state index < -0.39 is 11.8 Å². The van der Waals surface area contributed by atoms with Crippen molar-refractivity contribution in [1.82, 2.24) is 10.9 Å². The predicted molar refractivity (Wildman–Crippen MR) is 108 cm³/mol. The molecule has 0 saturated heterocycles. The van der Waals surface area contributed by atoms with E-state index >= 15 is 0 Å². The molecule has 1 aromatic rings. The average molecular weight is 392 g/mol. The lowest BCUT2D eigenvalue weighted by Crippen LogP contribution is -2.20. The first-order chi connectivity index (χ1) is 14.2. The Morgan fingerprint density at radius 3 is 1.66 bits per heavy atom. The van der Waals surface area contributed by atoms with Gasteiger partial charge in [-0.3, -0.25) is 9.59 Å². The van der Waals surface area contributed by atoms with Gasteiger partial charge in [0.25, 0.3) is 0 Å². The Labute approximate surface area is 169 Å². The molecule has 4 aliphatic rings. The van der Waals surface area contributed by atoms with Gasteiger partial charge in [0.2, 0.25) is 0 Å². The molecule has 4 bridgehead atoms. The van der Waals surface area contributed by atoms with E-state index in [0.29, 0.717) is 35.5 Å². The van der Waals surface area contributed by atoms with Gasteiger partial charge in [-0.15, -0.1) is 0 Å². The molecule has 4 aliphatic carbocycles. The molecule has 1 heterocycles. The summed E-state index contributed by atoms with van der Waals surface area (Å²) < 4.78 is 5.36. The lowest BCUT2D eigenvalue weighted by molar-refractivity contribution is 0.0902. The van der Waals surface area contributed by atoms with E-state index in [-0.39, 0.29) is 11.5 Å². The average Bonchev–Trinajstić information content (AvgIpc) is 3.54. The summed E-state index contributed by atoms with van der Waals surface area (Å²) in [6.45, 7) is 0. The second-order valence-electron chi connectivity index (χ2n) is 8.49. The third-order valence-electron chi connectivity index (χ3n) is 6.58. The molecular formula is C22H24N4O3. The number of carbonyl (C=O) groups excluding carboxylic acids is 2. The Balaban J connectivity index is 1.11. The monoisotopic (exact) mass is 392 g/mol. The zero-order valence-corrected chi connectivity index (χ0v) is 16.0. The molecule has 0 radical (unpaired) electrons. The quantitative estimate of drug-likeness (QED) is 0.442. The molecule has 0 spiro atoms. The molecule has 5 rings (SSSR count). The number of rotatable bonds is 6. The van der Waals surface area contributed by atoms with Crippen LogP contribution in [0.1, 0.15) is 46.8 Å². The van der Waals surface area contributed by atoms with Crippen molar-refractivity contribution in [2.24, 2.45) is 45.7 Å². The second kappa shape index (κ2) is 7.46. The van der Waals surface area contributed by atoms with Crippen LogP contribution in [0.4, 0.5) is 0 Å². The van der Waals surface area contributed by atoms with Crippen molar-refractivity contribution in [3.8, 4) is 0 Å². The van der Waals surface area contributed by atoms with Crippen LogP contribution >= 0.6 is 0 Å². The van der Waals surface area contributed by atoms with Crippen LogP contribution in [-0.4, -0.2) is 24.2 Å². The highest BCUT2D eigenvalue weighted by atomic mass is 16.4. The number of furan rings is 1. The molecule has 2 fully saturated rings. The van der Waals surface area contributed by atoms with E-state index in [0.717, 1.165) is 12.8 Å². The molecule has 2 N–H and O–H groups in total. The number of hydrogen-bond acceptors (Lipinski definition) is 5. The summed E-state index contributed by atoms with van der Waals surface area (Å²) in [5.41, 5.74) is 4.96. The molecule has 0 unspecified atom stereocenters. The maximum atomic E-state index is 12.2. The van der Waals surface area contributed by atoms with Gasteiger partial charge in [-0.1, -0.05) is 24.3 Å². The lowest BCUT2D eigenvalue weighted by atomic mass is 9.95. The Bertz CT molecular complexity index is 856. The maximum absolute atomic E-state index is 12.2. The van der Waals surface area contributed by atoms with Crippen molar-refractivity contribution < 1.29 is 14.0 Å². The fourth-order valence-corrected chi connectivity index (χ4v) is 5.06. The number of nitrogens with zero attached hydrogens (tertiary/aromatic N) is 2. The molecule has 150 valence electrons. The van der Waals surface area contributed by atoms with Gasteiger partial charge in [-0.2, -0.15) is 10.2 Å². The molecule has 1 aromatic heterocycles. The smallest absolute Gasteiger partial charge is 0.307 e. The van der Waals surface area contributed by atoms with Crippen LogP contribution in [0.25, 0.3) is 0 Å². The number of hydrazone groups is 2. The lowest BCUT2D eigenvalue weighted by Gasteiger charge is -2.11. The van der Waals surface area contributed by atoms with E-state index in [1.165, 1.54) is 25.0 Å². The van der Waals surface area contributed by atoms with Gasteiger partial charge in [0, 0.05) is 24.3 Å². The minimum absolute atomic E-state index is 0.0438. The Hall–Kier alpha value is -2.96. The van der Waals surface area contributed by atoms with E-state index in [1.54, 1.807) is 0 Å². The van der Waals surface area contributed by atoms with E-state index in [4.69, 9.17) is 4.42 Å². The topological polar surface area (TPSA) is 96.1 Å². The minimum Gasteiger partial charge on any atom is -0.446 e. The van der Waals surface area contributed by atoms with Crippen molar-refractivity contribution >= 4 is 24.2 Å². The first-order valence-electron chi connectivity index (χ1n) is 10.3. The van der Waals surface area contributed by atoms with Crippen LogP contribution in [0.15, 0.2) is 51.1 Å². The van der Waals surface area contributed by atoms with Crippen molar-refractivity contribution in [3.63, 3.8) is 0 Å². The summed E-state index contributed by atoms with van der Waals surface area (Å²) >= 11 is 0. The molecule has 0 aliphatic heterocycles. The molecule has 0 aromatic carbocycles. The van der Waals surface area contributed by atoms with Crippen LogP contribution in [0.2, 0.25) is 0 Å². The molecule has 7 nitrogen and oxygen atoms in total. The normalized spacial score (nSPS) is 34.1. The van der Waals surface area contributed by atoms with Gasteiger partial charge in [0.15, 0.2) is 11.5 Å². The number of fused-ring (bicyclic) bond motifs is 4. The molecular weight excluding hydrogens is 368 g/mol. The van der Waals surface area contributed by atoms with Gasteiger partial charge in [0.05, 0.1) is 0 Å². The fraction of sp³-hybridized carbons (Fsp3) is 0.455. The van der Waals surface area contributed by atoms with Gasteiger partial charge in [-0.05, 0) is 61.5 Å². The second-order valence-corrected chi connectivity index (χ2v) is 8.49. The summed E-state index contributed by atoms with van der Waals surface area (Å²) in [5, 5.41) is 8.13. The summed E-state index contributed by atoms with van der Waals surface area (Å²) in [6, 6.07) is 2.93. The molecule has 29 heavy (non-hydrogen) atoms. The minimum atomic E-state index is -0.476. The van der Waals surface area contributed by atoms with Gasteiger partial charge in [-0.25, -0.2) is 10.9 Å². The first-order valence-corrected chi connectivity index (χ1v) is 10.3. The highest BCUT2D eigenvalue weighted by Gasteiger charge is 2.35. The summed E-state index contributed by atoms with van der Waals surface area (Å²) in [6.07, 6.45) is 17.2. The van der Waals surface area contributed by atoms with Crippen LogP contribution in [-0.2, 0) is 0 Å². The van der Waals surface area contributed by atoms with Crippen molar-refractivity contribution in [1.29, 1.82) is 0 Å². The number of amides is 2. The third-order valence-corrected chi connectivity index (χ3v) is 6.58. The first kappa shape index (κ1) is 18.1. The zero-order valence-electron chi connectivity index (χ0n) is 16.0. The summed E-state index contributed by atoms with van der Waals surface area (Å²) in [7, 11) is 0. The summed E-state index contributed by atoms with van der Waals surface area (Å²) in [4.78, 5) is 24.4. The van der Waals surface area contributed by atoms with E-state index in [1.807, 2.05) is 12.4 Å². The molecule has 2 saturated carbocycles. The van der Waals surface area contributed by atoms with Crippen LogP contribution in [0.5, 0.6) is 0 Å². The standard InChI is InChI=1S/C22H24N4O3/c27-21(25-23-11-17-9-13-1-3-15(17)7-13)19-5-6-20(29-19)22(28)26-24-12-18-10-14-2-4-16(18)8-14/h1-6,11-18H,7-10H2,(H,25,27)(H,26,28)/b23-11-,24-12-/t13-,14+,15-,16-,17+,18-/m1/s1. The predicted octanol–water partition coefficient (Wildman–Crippen LogP) is 3.14. The van der Waals surface area contributed by atoms with E-state index in [2.05, 4.69) is 45.4 Å². The Morgan fingerprint density at radius 2 is 1.28 bits per heavy atom. The van der Waals surface area contributed by atoms with Crippen LogP contribution < -0.4 is 10.9 Å². The van der Waals surface area contributed by atoms with Gasteiger partial charge in [0.1, 0.15) is 0 Å².